The van der Waals surface area contributed by atoms with Crippen molar-refractivity contribution in [1.82, 2.24) is 34.4 Å². The van der Waals surface area contributed by atoms with E-state index in [2.05, 4.69) is 24.9 Å². The van der Waals surface area contributed by atoms with E-state index in [1.807, 2.05) is 21.1 Å². The smallest absolute Gasteiger partial charge is 0.256 e. The van der Waals surface area contributed by atoms with Crippen molar-refractivity contribution in [3.05, 3.63) is 47.5 Å². The Labute approximate surface area is 173 Å². The topological polar surface area (TPSA) is 83.5 Å². The number of hydrogen-bond acceptors (Lipinski definition) is 7. The van der Waals surface area contributed by atoms with Gasteiger partial charge in [0.05, 0.1) is 30.0 Å². The largest absolute Gasteiger partial charge is 0.337 e. The number of halogens is 1. The van der Waals surface area contributed by atoms with Crippen molar-refractivity contribution in [2.45, 2.75) is 13.1 Å². The predicted molar refractivity (Wildman–Crippen MR) is 107 cm³/mol. The molecule has 1 aliphatic heterocycles. The average Bonchev–Trinajstić information content (AvgIpc) is 3.30. The first-order chi connectivity index (χ1) is 14.3. The third-order valence-electron chi connectivity index (χ3n) is 5.06. The van der Waals surface area contributed by atoms with E-state index >= 15 is 0 Å². The van der Waals surface area contributed by atoms with E-state index in [-0.39, 0.29) is 18.0 Å². The molecule has 0 bridgehead atoms. The van der Waals surface area contributed by atoms with E-state index < -0.39 is 5.82 Å². The minimum atomic E-state index is -0.458. The highest BCUT2D eigenvalue weighted by atomic mass is 19.1. The molecule has 1 amide bonds. The molecule has 30 heavy (non-hydrogen) atoms. The Kier molecular flexibility index (Phi) is 5.35. The fourth-order valence-electron chi connectivity index (χ4n) is 3.41. The molecule has 158 valence electrons. The number of fused-ring (bicyclic) bond motifs is 3. The number of imidazole rings is 1. The van der Waals surface area contributed by atoms with Crippen molar-refractivity contribution in [3.63, 3.8) is 0 Å². The van der Waals surface area contributed by atoms with Gasteiger partial charge < -0.3 is 14.3 Å². The van der Waals surface area contributed by atoms with Crippen molar-refractivity contribution in [1.29, 1.82) is 0 Å². The third kappa shape index (κ3) is 3.83. The molecule has 10 heteroatoms. The Hall–Kier alpha value is -3.11. The lowest BCUT2D eigenvalue weighted by Gasteiger charge is -2.17. The molecule has 4 rings (SSSR count). The zero-order chi connectivity index (χ0) is 21.4. The number of benzene rings is 1. The number of aromatic nitrogens is 4. The van der Waals surface area contributed by atoms with Gasteiger partial charge in [0.2, 0.25) is 11.7 Å². The van der Waals surface area contributed by atoms with Gasteiger partial charge in [-0.25, -0.2) is 9.37 Å². The maximum absolute atomic E-state index is 13.7. The molecule has 0 spiro atoms. The summed E-state index contributed by atoms with van der Waals surface area (Å²) in [6.07, 6.45) is 1.60. The minimum Gasteiger partial charge on any atom is -0.337 e. The van der Waals surface area contributed by atoms with E-state index in [9.17, 15) is 9.18 Å². The van der Waals surface area contributed by atoms with Gasteiger partial charge in [-0.2, -0.15) is 4.98 Å². The number of nitrogens with zero attached hydrogens (tertiary/aromatic N) is 7. The van der Waals surface area contributed by atoms with Gasteiger partial charge in [-0.05, 0) is 39.3 Å². The van der Waals surface area contributed by atoms with Crippen LogP contribution in [0.25, 0.3) is 17.2 Å². The Morgan fingerprint density at radius 3 is 2.80 bits per heavy atom. The van der Waals surface area contributed by atoms with Crippen LogP contribution in [0.15, 0.2) is 29.0 Å². The molecule has 3 heterocycles. The van der Waals surface area contributed by atoms with Gasteiger partial charge in [0, 0.05) is 20.1 Å². The molecule has 0 saturated carbocycles. The quantitative estimate of drug-likeness (QED) is 0.607. The summed E-state index contributed by atoms with van der Waals surface area (Å²) < 4.78 is 21.0. The summed E-state index contributed by atoms with van der Waals surface area (Å²) >= 11 is 0. The number of carbonyl (C=O) groups excluding carboxylic acids is 1. The Morgan fingerprint density at radius 1 is 1.23 bits per heavy atom. The lowest BCUT2D eigenvalue weighted by atomic mass is 10.1. The van der Waals surface area contributed by atoms with Crippen molar-refractivity contribution in [2.24, 2.45) is 0 Å². The molecule has 1 aliphatic rings. The first kappa shape index (κ1) is 20.2. The van der Waals surface area contributed by atoms with Crippen LogP contribution in [0.2, 0.25) is 0 Å². The Balaban J connectivity index is 1.64. The van der Waals surface area contributed by atoms with E-state index in [1.165, 1.54) is 17.0 Å². The fraction of sp³-hybridized carbons (Fsp3) is 0.400. The van der Waals surface area contributed by atoms with Gasteiger partial charge in [0.15, 0.2) is 0 Å². The average molecular weight is 413 g/mol. The second-order valence-electron chi connectivity index (χ2n) is 7.79. The molecule has 0 N–H and O–H groups in total. The van der Waals surface area contributed by atoms with Crippen LogP contribution >= 0.6 is 0 Å². The standard InChI is InChI=1S/C20H24FN7O2/c1-25(2)7-8-26(3)11-17-23-19(24-30-17)18-16-10-27(4)20(29)14-9-13(21)5-6-15(14)28(16)12-22-18/h5-6,9,12H,7-8,10-11H2,1-4H3. The van der Waals surface area contributed by atoms with Gasteiger partial charge in [-0.15, -0.1) is 0 Å². The number of amides is 1. The normalized spacial score (nSPS) is 13.7. The summed E-state index contributed by atoms with van der Waals surface area (Å²) in [6, 6.07) is 4.16. The van der Waals surface area contributed by atoms with Crippen LogP contribution < -0.4 is 0 Å². The second kappa shape index (κ2) is 7.96. The first-order valence-corrected chi connectivity index (χ1v) is 9.61. The molecular formula is C20H24FN7O2. The summed E-state index contributed by atoms with van der Waals surface area (Å²) in [5, 5.41) is 4.10. The van der Waals surface area contributed by atoms with Crippen molar-refractivity contribution >= 4 is 5.91 Å². The van der Waals surface area contributed by atoms with Gasteiger partial charge in [-0.1, -0.05) is 5.16 Å². The molecular weight excluding hydrogens is 389 g/mol. The maximum Gasteiger partial charge on any atom is 0.256 e. The monoisotopic (exact) mass is 413 g/mol. The molecule has 0 saturated heterocycles. The number of hydrogen-bond donors (Lipinski definition) is 0. The summed E-state index contributed by atoms with van der Waals surface area (Å²) in [5.74, 6) is 0.149. The fourth-order valence-corrected chi connectivity index (χ4v) is 3.41. The lowest BCUT2D eigenvalue weighted by Crippen LogP contribution is -2.28. The van der Waals surface area contributed by atoms with Gasteiger partial charge in [0.25, 0.3) is 5.91 Å². The lowest BCUT2D eigenvalue weighted by molar-refractivity contribution is 0.0787. The highest BCUT2D eigenvalue weighted by Crippen LogP contribution is 2.29. The summed E-state index contributed by atoms with van der Waals surface area (Å²) in [6.45, 7) is 2.60. The minimum absolute atomic E-state index is 0.254. The molecule has 0 unspecified atom stereocenters. The molecule has 9 nitrogen and oxygen atoms in total. The SMILES string of the molecule is CN(C)CCN(C)Cc1nc(-c2ncn3c2CN(C)C(=O)c2cc(F)ccc2-3)no1. The summed E-state index contributed by atoms with van der Waals surface area (Å²) in [5.41, 5.74) is 2.14. The van der Waals surface area contributed by atoms with E-state index in [0.29, 0.717) is 29.6 Å². The zero-order valence-corrected chi connectivity index (χ0v) is 17.5. The van der Waals surface area contributed by atoms with Crippen LogP contribution in [-0.2, 0) is 13.1 Å². The molecule has 2 aromatic heterocycles. The van der Waals surface area contributed by atoms with Crippen molar-refractivity contribution in [2.75, 3.05) is 41.3 Å². The molecule has 0 atom stereocenters. The predicted octanol–water partition coefficient (Wildman–Crippen LogP) is 1.64. The zero-order valence-electron chi connectivity index (χ0n) is 17.5. The Morgan fingerprint density at radius 2 is 2.03 bits per heavy atom. The number of rotatable bonds is 6. The molecule has 0 radical (unpaired) electrons. The van der Waals surface area contributed by atoms with Crippen LogP contribution in [0.3, 0.4) is 0 Å². The van der Waals surface area contributed by atoms with E-state index in [0.717, 1.165) is 18.8 Å². The number of carbonyl (C=O) groups is 1. The second-order valence-corrected chi connectivity index (χ2v) is 7.79. The summed E-state index contributed by atoms with van der Waals surface area (Å²) in [4.78, 5) is 27.4. The molecule has 0 fully saturated rings. The van der Waals surface area contributed by atoms with Crippen LogP contribution in [0, 0.1) is 5.82 Å². The van der Waals surface area contributed by atoms with Crippen molar-refractivity contribution in [3.8, 4) is 17.2 Å². The Bertz CT molecular complexity index is 1080. The highest BCUT2D eigenvalue weighted by Gasteiger charge is 2.28. The van der Waals surface area contributed by atoms with Gasteiger partial charge in [0.1, 0.15) is 17.8 Å². The van der Waals surface area contributed by atoms with Crippen LogP contribution in [-0.4, -0.2) is 81.6 Å². The number of likely N-dealkylation sites (N-methyl/N-ethyl adjacent to an activating group) is 2. The molecule has 0 aliphatic carbocycles. The van der Waals surface area contributed by atoms with E-state index in [4.69, 9.17) is 4.52 Å². The van der Waals surface area contributed by atoms with Gasteiger partial charge in [-0.3, -0.25) is 14.3 Å². The van der Waals surface area contributed by atoms with Crippen LogP contribution in [0.4, 0.5) is 4.39 Å². The van der Waals surface area contributed by atoms with Gasteiger partial charge >= 0.3 is 0 Å². The first-order valence-electron chi connectivity index (χ1n) is 9.61. The van der Waals surface area contributed by atoms with Crippen LogP contribution in [0.5, 0.6) is 0 Å². The molecule has 1 aromatic carbocycles. The van der Waals surface area contributed by atoms with Crippen molar-refractivity contribution < 1.29 is 13.7 Å². The summed E-state index contributed by atoms with van der Waals surface area (Å²) in [7, 11) is 7.71. The highest BCUT2D eigenvalue weighted by molar-refractivity contribution is 5.98. The van der Waals surface area contributed by atoms with E-state index in [1.54, 1.807) is 24.0 Å². The maximum atomic E-state index is 13.7. The third-order valence-corrected chi connectivity index (χ3v) is 5.06. The molecule has 3 aromatic rings. The van der Waals surface area contributed by atoms with Crippen LogP contribution in [0.1, 0.15) is 21.9 Å².